The molecule has 0 saturated carbocycles. The van der Waals surface area contributed by atoms with E-state index in [2.05, 4.69) is 30.6 Å². The predicted octanol–water partition coefficient (Wildman–Crippen LogP) is 1.01. The second kappa shape index (κ2) is 8.08. The number of hydrogen-bond donors (Lipinski definition) is 0. The fraction of sp³-hybridized carbons (Fsp3) is 0.579. The first-order chi connectivity index (χ1) is 15.1. The molecule has 1 unspecified atom stereocenters. The number of carbonyl (C=O) groups is 1. The predicted molar refractivity (Wildman–Crippen MR) is 105 cm³/mol. The van der Waals surface area contributed by atoms with Crippen LogP contribution in [0.25, 0.3) is 0 Å². The summed E-state index contributed by atoms with van der Waals surface area (Å²) in [6.45, 7) is 2.28. The fourth-order valence-electron chi connectivity index (χ4n) is 4.44. The van der Waals surface area contributed by atoms with E-state index in [1.165, 1.54) is 10.9 Å². The van der Waals surface area contributed by atoms with E-state index in [4.69, 9.17) is 4.74 Å². The van der Waals surface area contributed by atoms with Gasteiger partial charge in [0.25, 0.3) is 0 Å². The third-order valence-electron chi connectivity index (χ3n) is 6.03. The zero-order valence-corrected chi connectivity index (χ0v) is 17.2. The van der Waals surface area contributed by atoms with Crippen LogP contribution in [0, 0.1) is 0 Å². The number of carbonyl (C=O) groups excluding carboxylic acids is 1. The summed E-state index contributed by atoms with van der Waals surface area (Å²) in [7, 11) is 1.75. The topological polar surface area (TPSA) is 107 Å². The molecule has 2 aromatic heterocycles. The van der Waals surface area contributed by atoms with Gasteiger partial charge in [0.15, 0.2) is 5.82 Å². The molecule has 11 nitrogen and oxygen atoms in total. The zero-order valence-electron chi connectivity index (χ0n) is 17.2. The van der Waals surface area contributed by atoms with Gasteiger partial charge in [-0.1, -0.05) is 11.3 Å². The lowest BCUT2D eigenvalue weighted by atomic mass is 9.94. The van der Waals surface area contributed by atoms with E-state index in [0.29, 0.717) is 25.2 Å². The lowest BCUT2D eigenvalue weighted by molar-refractivity contribution is 0.121. The first-order valence-corrected chi connectivity index (χ1v) is 10.4. The molecule has 0 spiro atoms. The lowest BCUT2D eigenvalue weighted by Gasteiger charge is -2.35. The summed E-state index contributed by atoms with van der Waals surface area (Å²) in [6.07, 6.45) is 8.22. The van der Waals surface area contributed by atoms with Crippen molar-refractivity contribution in [2.75, 3.05) is 19.6 Å². The van der Waals surface area contributed by atoms with Gasteiger partial charge in [0.2, 0.25) is 0 Å². The van der Waals surface area contributed by atoms with Gasteiger partial charge in [-0.3, -0.25) is 4.90 Å². The van der Waals surface area contributed by atoms with Crippen LogP contribution in [0.4, 0.5) is 9.18 Å². The third-order valence-corrected chi connectivity index (χ3v) is 6.03. The van der Waals surface area contributed by atoms with Crippen LogP contribution in [-0.4, -0.2) is 82.9 Å². The summed E-state index contributed by atoms with van der Waals surface area (Å²) in [5.74, 6) is 0.707. The highest BCUT2D eigenvalue weighted by Gasteiger charge is 2.37. The summed E-state index contributed by atoms with van der Waals surface area (Å²) >= 11 is 0. The van der Waals surface area contributed by atoms with Crippen LogP contribution in [0.3, 0.4) is 0 Å². The Bertz CT molecular complexity index is 994. The van der Waals surface area contributed by atoms with Crippen molar-refractivity contribution in [2.24, 2.45) is 7.05 Å². The molecule has 1 amide bonds. The van der Waals surface area contributed by atoms with Crippen molar-refractivity contribution >= 4 is 6.09 Å². The number of rotatable bonds is 5. The molecule has 164 valence electrons. The lowest BCUT2D eigenvalue weighted by Crippen LogP contribution is -2.38. The standard InChI is InChI=1S/C19H24FN9O2/c1-26-23-18(22-25-26)13-4-7-27(8-5-13)17-3-2-14(10-16(17)20)29-12-15(31-19(29)30)11-28-9-6-21-24-28/h3,6,9-10,13-15H,2,4-5,7-8,11-12H2,1H3/t14?,15-/m0/s1. The Morgan fingerprint density at radius 1 is 1.26 bits per heavy atom. The van der Waals surface area contributed by atoms with Crippen LogP contribution in [0.15, 0.2) is 36.1 Å². The molecule has 12 heteroatoms. The Morgan fingerprint density at radius 3 is 2.77 bits per heavy atom. The van der Waals surface area contributed by atoms with Crippen LogP contribution < -0.4 is 0 Å². The number of likely N-dealkylation sites (tertiary alicyclic amines) is 1. The Hall–Kier alpha value is -3.31. The highest BCUT2D eigenvalue weighted by atomic mass is 19.1. The first kappa shape index (κ1) is 19.6. The minimum atomic E-state index is -0.423. The molecule has 2 aromatic rings. The van der Waals surface area contributed by atoms with Gasteiger partial charge >= 0.3 is 6.09 Å². The summed E-state index contributed by atoms with van der Waals surface area (Å²) < 4.78 is 22.1. The van der Waals surface area contributed by atoms with Gasteiger partial charge in [-0.25, -0.2) is 13.9 Å². The van der Waals surface area contributed by atoms with E-state index in [9.17, 15) is 4.79 Å². The van der Waals surface area contributed by atoms with Gasteiger partial charge in [-0.05, 0) is 30.6 Å². The van der Waals surface area contributed by atoms with Crippen LogP contribution in [-0.2, 0) is 18.3 Å². The number of tetrazole rings is 1. The molecule has 0 radical (unpaired) electrons. The van der Waals surface area contributed by atoms with Gasteiger partial charge < -0.3 is 9.64 Å². The van der Waals surface area contributed by atoms with Gasteiger partial charge in [-0.15, -0.1) is 15.3 Å². The van der Waals surface area contributed by atoms with E-state index in [0.717, 1.165) is 31.8 Å². The highest BCUT2D eigenvalue weighted by molar-refractivity contribution is 5.71. The first-order valence-electron chi connectivity index (χ1n) is 10.4. The Kier molecular flexibility index (Phi) is 5.12. The van der Waals surface area contributed by atoms with Crippen LogP contribution in [0.1, 0.15) is 31.0 Å². The molecule has 2 fully saturated rings. The van der Waals surface area contributed by atoms with Crippen LogP contribution >= 0.6 is 0 Å². The second-order valence-corrected chi connectivity index (χ2v) is 8.09. The number of ether oxygens (including phenoxy) is 1. The Balaban J connectivity index is 1.18. The fourth-order valence-corrected chi connectivity index (χ4v) is 4.44. The van der Waals surface area contributed by atoms with E-state index in [-0.39, 0.29) is 23.9 Å². The molecule has 3 aliphatic rings. The molecule has 0 bridgehead atoms. The molecular formula is C19H24FN9O2. The normalized spacial score (nSPS) is 24.9. The van der Waals surface area contributed by atoms with Crippen molar-refractivity contribution < 1.29 is 13.9 Å². The van der Waals surface area contributed by atoms with Gasteiger partial charge in [-0.2, -0.15) is 4.80 Å². The Labute approximate surface area is 178 Å². The average Bonchev–Trinajstić information content (AvgIpc) is 3.51. The monoisotopic (exact) mass is 429 g/mol. The molecular weight excluding hydrogens is 405 g/mol. The maximum absolute atomic E-state index is 15.0. The number of cyclic esters (lactones) is 1. The minimum Gasteiger partial charge on any atom is -0.442 e. The molecule has 2 aliphatic heterocycles. The highest BCUT2D eigenvalue weighted by Crippen LogP contribution is 2.33. The van der Waals surface area contributed by atoms with E-state index < -0.39 is 6.09 Å². The maximum atomic E-state index is 15.0. The zero-order chi connectivity index (χ0) is 21.4. The number of nitrogens with zero attached hydrogens (tertiary/aromatic N) is 9. The number of halogens is 1. The van der Waals surface area contributed by atoms with E-state index >= 15 is 4.39 Å². The second-order valence-electron chi connectivity index (χ2n) is 8.09. The van der Waals surface area contributed by atoms with Crippen LogP contribution in [0.5, 0.6) is 0 Å². The van der Waals surface area contributed by atoms with E-state index in [1.807, 2.05) is 6.08 Å². The largest absolute Gasteiger partial charge is 0.442 e. The molecule has 31 heavy (non-hydrogen) atoms. The third kappa shape index (κ3) is 4.01. The average molecular weight is 429 g/mol. The summed E-state index contributed by atoms with van der Waals surface area (Å²) in [4.78, 5) is 17.4. The molecule has 5 rings (SSSR count). The minimum absolute atomic E-state index is 0.246. The Morgan fingerprint density at radius 2 is 2.10 bits per heavy atom. The molecule has 0 aromatic carbocycles. The van der Waals surface area contributed by atoms with Crippen molar-refractivity contribution in [2.45, 2.75) is 43.9 Å². The number of aromatic nitrogens is 7. The summed E-state index contributed by atoms with van der Waals surface area (Å²) in [5, 5.41) is 20.0. The number of amides is 1. The van der Waals surface area contributed by atoms with Crippen molar-refractivity contribution in [3.63, 3.8) is 0 Å². The van der Waals surface area contributed by atoms with Gasteiger partial charge in [0.1, 0.15) is 11.9 Å². The summed E-state index contributed by atoms with van der Waals surface area (Å²) in [6, 6.07) is -0.349. The van der Waals surface area contributed by atoms with Crippen molar-refractivity contribution in [3.05, 3.63) is 41.9 Å². The molecule has 4 heterocycles. The number of hydrogen-bond acceptors (Lipinski definition) is 8. The quantitative estimate of drug-likeness (QED) is 0.693. The summed E-state index contributed by atoms with van der Waals surface area (Å²) in [5.41, 5.74) is 0.605. The van der Waals surface area contributed by atoms with Gasteiger partial charge in [0.05, 0.1) is 38.1 Å². The van der Waals surface area contributed by atoms with Gasteiger partial charge in [0, 0.05) is 25.2 Å². The SMILES string of the molecule is Cn1nnc(C2CCN(C3=CCC(N4C[C@H](Cn5ccnn5)OC4=O)C=C3F)CC2)n1. The molecule has 0 N–H and O–H groups in total. The number of allylic oxidation sites excluding steroid dienone is 1. The molecule has 2 atom stereocenters. The van der Waals surface area contributed by atoms with Crippen molar-refractivity contribution in [1.82, 2.24) is 45.0 Å². The van der Waals surface area contributed by atoms with Crippen LogP contribution in [0.2, 0.25) is 0 Å². The molecule has 2 saturated heterocycles. The van der Waals surface area contributed by atoms with Crippen molar-refractivity contribution in [3.8, 4) is 0 Å². The smallest absolute Gasteiger partial charge is 0.410 e. The number of aryl methyl sites for hydroxylation is 1. The van der Waals surface area contributed by atoms with E-state index in [1.54, 1.807) is 29.0 Å². The van der Waals surface area contributed by atoms with Crippen molar-refractivity contribution in [1.29, 1.82) is 0 Å². The molecule has 1 aliphatic carbocycles. The number of piperidine rings is 1. The maximum Gasteiger partial charge on any atom is 0.410 e.